The SMILES string of the molecule is CC[C@H](C)Oc1cccc(C(=O)Nc2ccc3oc(-c4cc(OC)c(OC)c(OC)c4)nc3c2)c1. The second-order valence-electron chi connectivity index (χ2n) is 7.93. The number of amides is 1. The molecule has 4 aromatic rings. The summed E-state index contributed by atoms with van der Waals surface area (Å²) in [5, 5.41) is 2.91. The van der Waals surface area contributed by atoms with Crippen molar-refractivity contribution >= 4 is 22.7 Å². The van der Waals surface area contributed by atoms with Crippen molar-refractivity contribution < 1.29 is 28.2 Å². The molecule has 0 fully saturated rings. The Morgan fingerprint density at radius 2 is 1.74 bits per heavy atom. The lowest BCUT2D eigenvalue weighted by Gasteiger charge is -2.13. The summed E-state index contributed by atoms with van der Waals surface area (Å²) in [5.74, 6) is 2.28. The molecule has 1 atom stereocenters. The van der Waals surface area contributed by atoms with Crippen LogP contribution in [-0.2, 0) is 0 Å². The largest absolute Gasteiger partial charge is 0.493 e. The minimum atomic E-state index is -0.243. The lowest BCUT2D eigenvalue weighted by molar-refractivity contribution is 0.102. The summed E-state index contributed by atoms with van der Waals surface area (Å²) in [6.07, 6.45) is 0.953. The number of carbonyl (C=O) groups is 1. The quantitative estimate of drug-likeness (QED) is 0.319. The van der Waals surface area contributed by atoms with Gasteiger partial charge in [0.1, 0.15) is 11.3 Å². The van der Waals surface area contributed by atoms with E-state index >= 15 is 0 Å². The minimum absolute atomic E-state index is 0.0720. The number of anilines is 1. The molecule has 0 saturated carbocycles. The Bertz CT molecular complexity index is 1320. The normalized spacial score (nSPS) is 11.7. The van der Waals surface area contributed by atoms with E-state index in [0.717, 1.165) is 6.42 Å². The predicted octanol–water partition coefficient (Wildman–Crippen LogP) is 5.95. The van der Waals surface area contributed by atoms with E-state index < -0.39 is 0 Å². The topological polar surface area (TPSA) is 92.1 Å². The fraction of sp³-hybridized carbons (Fsp3) is 0.259. The third kappa shape index (κ3) is 5.16. The summed E-state index contributed by atoms with van der Waals surface area (Å²) < 4.78 is 28.0. The molecule has 8 heteroatoms. The van der Waals surface area contributed by atoms with Crippen LogP contribution in [0.2, 0.25) is 0 Å². The Morgan fingerprint density at radius 1 is 1.00 bits per heavy atom. The molecular formula is C27H28N2O6. The predicted molar refractivity (Wildman–Crippen MR) is 134 cm³/mol. The molecule has 3 aromatic carbocycles. The van der Waals surface area contributed by atoms with E-state index in [1.807, 2.05) is 19.9 Å². The van der Waals surface area contributed by atoms with E-state index in [1.54, 1.807) is 69.9 Å². The molecule has 0 aliphatic carbocycles. The summed E-state index contributed by atoms with van der Waals surface area (Å²) in [7, 11) is 4.65. The average Bonchev–Trinajstić information content (AvgIpc) is 3.31. The van der Waals surface area contributed by atoms with Crippen LogP contribution in [0.25, 0.3) is 22.6 Å². The molecule has 4 rings (SSSR count). The Morgan fingerprint density at radius 3 is 2.40 bits per heavy atom. The van der Waals surface area contributed by atoms with E-state index in [2.05, 4.69) is 10.3 Å². The molecule has 0 aliphatic rings. The molecule has 0 unspecified atom stereocenters. The number of hydrogen-bond acceptors (Lipinski definition) is 7. The smallest absolute Gasteiger partial charge is 0.255 e. The molecule has 1 N–H and O–H groups in total. The average molecular weight is 477 g/mol. The Hall–Kier alpha value is -4.20. The highest BCUT2D eigenvalue weighted by atomic mass is 16.5. The second kappa shape index (κ2) is 10.4. The van der Waals surface area contributed by atoms with E-state index in [0.29, 0.717) is 56.8 Å². The lowest BCUT2D eigenvalue weighted by Crippen LogP contribution is -2.13. The van der Waals surface area contributed by atoms with Gasteiger partial charge in [-0.05, 0) is 61.9 Å². The summed E-state index contributed by atoms with van der Waals surface area (Å²) >= 11 is 0. The van der Waals surface area contributed by atoms with Gasteiger partial charge in [0.25, 0.3) is 5.91 Å². The zero-order chi connectivity index (χ0) is 24.9. The molecule has 1 amide bonds. The number of nitrogens with zero attached hydrogens (tertiary/aromatic N) is 1. The van der Waals surface area contributed by atoms with Gasteiger partial charge in [0.15, 0.2) is 17.1 Å². The van der Waals surface area contributed by atoms with E-state index in [9.17, 15) is 4.79 Å². The molecule has 1 aromatic heterocycles. The number of fused-ring (bicyclic) bond motifs is 1. The number of oxazole rings is 1. The highest BCUT2D eigenvalue weighted by Gasteiger charge is 2.18. The number of methoxy groups -OCH3 is 3. The molecule has 0 radical (unpaired) electrons. The molecular weight excluding hydrogens is 448 g/mol. The van der Waals surface area contributed by atoms with Gasteiger partial charge in [0, 0.05) is 16.8 Å². The number of rotatable bonds is 9. The minimum Gasteiger partial charge on any atom is -0.493 e. The zero-order valence-corrected chi connectivity index (χ0v) is 20.4. The van der Waals surface area contributed by atoms with Gasteiger partial charge in [-0.3, -0.25) is 4.79 Å². The van der Waals surface area contributed by atoms with Gasteiger partial charge in [0.2, 0.25) is 11.6 Å². The number of hydrogen-bond donors (Lipinski definition) is 1. The van der Waals surface area contributed by atoms with Crippen molar-refractivity contribution in [2.45, 2.75) is 26.4 Å². The van der Waals surface area contributed by atoms with Gasteiger partial charge in [-0.2, -0.15) is 0 Å². The van der Waals surface area contributed by atoms with Gasteiger partial charge in [-0.1, -0.05) is 13.0 Å². The number of nitrogens with one attached hydrogen (secondary N) is 1. The summed E-state index contributed by atoms with van der Waals surface area (Å²) in [6, 6.07) is 16.0. The molecule has 0 spiro atoms. The monoisotopic (exact) mass is 476 g/mol. The third-order valence-electron chi connectivity index (χ3n) is 5.57. The van der Waals surface area contributed by atoms with Crippen LogP contribution in [0.1, 0.15) is 30.6 Å². The van der Waals surface area contributed by atoms with Crippen LogP contribution in [0.15, 0.2) is 59.0 Å². The Labute approximate surface area is 203 Å². The molecule has 35 heavy (non-hydrogen) atoms. The van der Waals surface area contributed by atoms with Crippen LogP contribution < -0.4 is 24.3 Å². The van der Waals surface area contributed by atoms with Crippen LogP contribution in [-0.4, -0.2) is 38.3 Å². The maximum Gasteiger partial charge on any atom is 0.255 e. The van der Waals surface area contributed by atoms with Crippen LogP contribution in [0, 0.1) is 0 Å². The van der Waals surface area contributed by atoms with Crippen LogP contribution in [0.5, 0.6) is 23.0 Å². The molecule has 8 nitrogen and oxygen atoms in total. The van der Waals surface area contributed by atoms with Crippen LogP contribution in [0.4, 0.5) is 5.69 Å². The highest BCUT2D eigenvalue weighted by Crippen LogP contribution is 2.41. The van der Waals surface area contributed by atoms with Gasteiger partial charge >= 0.3 is 0 Å². The van der Waals surface area contributed by atoms with Crippen molar-refractivity contribution in [1.82, 2.24) is 4.98 Å². The highest BCUT2D eigenvalue weighted by molar-refractivity contribution is 6.05. The molecule has 0 saturated heterocycles. The lowest BCUT2D eigenvalue weighted by atomic mass is 10.2. The van der Waals surface area contributed by atoms with Crippen molar-refractivity contribution in [2.75, 3.05) is 26.6 Å². The van der Waals surface area contributed by atoms with Crippen molar-refractivity contribution in [2.24, 2.45) is 0 Å². The van der Waals surface area contributed by atoms with Gasteiger partial charge in [0.05, 0.1) is 27.4 Å². The number of benzene rings is 3. The van der Waals surface area contributed by atoms with Crippen molar-refractivity contribution in [3.05, 3.63) is 60.2 Å². The Balaban J connectivity index is 1.58. The van der Waals surface area contributed by atoms with Crippen LogP contribution in [0.3, 0.4) is 0 Å². The fourth-order valence-corrected chi connectivity index (χ4v) is 3.56. The van der Waals surface area contributed by atoms with E-state index in [4.69, 9.17) is 23.4 Å². The summed E-state index contributed by atoms with van der Waals surface area (Å²) in [6.45, 7) is 4.04. The standard InChI is InChI=1S/C27H28N2O6/c1-6-16(2)34-20-9-7-8-17(12-20)26(30)28-19-10-11-22-21(15-19)29-27(35-22)18-13-23(31-3)25(33-5)24(14-18)32-4/h7-16H,6H2,1-5H3,(H,28,30)/t16-/m0/s1. The molecule has 0 aliphatic heterocycles. The van der Waals surface area contributed by atoms with Crippen LogP contribution >= 0.6 is 0 Å². The third-order valence-corrected chi connectivity index (χ3v) is 5.57. The molecule has 1 heterocycles. The molecule has 182 valence electrons. The van der Waals surface area contributed by atoms with Crippen molar-refractivity contribution in [3.63, 3.8) is 0 Å². The second-order valence-corrected chi connectivity index (χ2v) is 7.93. The first-order valence-electron chi connectivity index (χ1n) is 11.2. The van der Waals surface area contributed by atoms with Gasteiger partial charge in [-0.25, -0.2) is 4.98 Å². The Kier molecular flexibility index (Phi) is 7.10. The first-order chi connectivity index (χ1) is 16.9. The van der Waals surface area contributed by atoms with E-state index in [1.165, 1.54) is 0 Å². The molecule has 0 bridgehead atoms. The van der Waals surface area contributed by atoms with Crippen molar-refractivity contribution in [3.8, 4) is 34.5 Å². The first-order valence-corrected chi connectivity index (χ1v) is 11.2. The number of ether oxygens (including phenoxy) is 4. The maximum atomic E-state index is 12.8. The van der Waals surface area contributed by atoms with Gasteiger partial charge < -0.3 is 28.7 Å². The summed E-state index contributed by atoms with van der Waals surface area (Å²) in [4.78, 5) is 17.4. The van der Waals surface area contributed by atoms with E-state index in [-0.39, 0.29) is 12.0 Å². The summed E-state index contributed by atoms with van der Waals surface area (Å²) in [5.41, 5.74) is 2.94. The van der Waals surface area contributed by atoms with Crippen molar-refractivity contribution in [1.29, 1.82) is 0 Å². The van der Waals surface area contributed by atoms with Gasteiger partial charge in [-0.15, -0.1) is 0 Å². The first kappa shape index (κ1) is 23.9. The fourth-order valence-electron chi connectivity index (χ4n) is 3.56. The number of carbonyl (C=O) groups excluding carboxylic acids is 1. The number of aromatic nitrogens is 1. The maximum absolute atomic E-state index is 12.8. The zero-order valence-electron chi connectivity index (χ0n) is 20.4.